The third kappa shape index (κ3) is 5.11. The first-order valence-electron chi connectivity index (χ1n) is 7.36. The zero-order valence-corrected chi connectivity index (χ0v) is 13.9. The number of benzene rings is 1. The van der Waals surface area contributed by atoms with Crippen LogP contribution in [0, 0.1) is 5.82 Å². The molecule has 0 aromatic heterocycles. The number of hydrogen-bond acceptors (Lipinski definition) is 4. The Kier molecular flexibility index (Phi) is 6.14. The quantitative estimate of drug-likeness (QED) is 0.612. The fourth-order valence-electron chi connectivity index (χ4n) is 1.63. The van der Waals surface area contributed by atoms with Crippen molar-refractivity contribution in [2.45, 2.75) is 52.2 Å². The molecule has 0 saturated carbocycles. The maximum atomic E-state index is 14.0. The molecule has 0 amide bonds. The van der Waals surface area contributed by atoms with E-state index in [1.807, 2.05) is 0 Å². The van der Waals surface area contributed by atoms with Crippen LogP contribution in [0.3, 0.4) is 0 Å². The van der Waals surface area contributed by atoms with E-state index in [-0.39, 0.29) is 20.5 Å². The van der Waals surface area contributed by atoms with Gasteiger partial charge in [0.15, 0.2) is 0 Å². The van der Waals surface area contributed by atoms with Crippen LogP contribution < -0.4 is 5.46 Å². The van der Waals surface area contributed by atoms with E-state index in [2.05, 4.69) is 0 Å². The van der Waals surface area contributed by atoms with Crippen molar-refractivity contribution in [2.75, 3.05) is 6.61 Å². The second-order valence-corrected chi connectivity index (χ2v) is 6.27. The summed E-state index contributed by atoms with van der Waals surface area (Å²) in [5, 5.41) is 10.0. The summed E-state index contributed by atoms with van der Waals surface area (Å²) in [5.74, 6) is -0.913. The van der Waals surface area contributed by atoms with E-state index in [1.165, 1.54) is 6.07 Å². The lowest BCUT2D eigenvalue weighted by molar-refractivity contribution is -0.142. The highest BCUT2D eigenvalue weighted by Gasteiger charge is 2.35. The van der Waals surface area contributed by atoms with Crippen LogP contribution in [0.15, 0.2) is 18.2 Å². The Morgan fingerprint density at radius 1 is 1.32 bits per heavy atom. The molecule has 0 bridgehead atoms. The molecule has 0 aliphatic rings. The van der Waals surface area contributed by atoms with Gasteiger partial charge in [0.2, 0.25) is 0 Å². The molecule has 0 atom stereocenters. The minimum absolute atomic E-state index is 0.0873. The zero-order valence-electron chi connectivity index (χ0n) is 13.9. The smallest absolute Gasteiger partial charge is 0.310 e. The number of halogens is 1. The van der Waals surface area contributed by atoms with Crippen LogP contribution in [-0.4, -0.2) is 36.4 Å². The maximum absolute atomic E-state index is 14.0. The third-order valence-electron chi connectivity index (χ3n) is 3.83. The molecule has 0 aliphatic heterocycles. The predicted octanol–water partition coefficient (Wildman–Crippen LogP) is 1.47. The van der Waals surface area contributed by atoms with Gasteiger partial charge < -0.3 is 14.5 Å². The lowest BCUT2D eigenvalue weighted by atomic mass is 9.82. The normalized spacial score (nSPS) is 12.1. The number of carbonyl (C=O) groups is 1. The van der Waals surface area contributed by atoms with Crippen molar-refractivity contribution in [2.24, 2.45) is 0 Å². The lowest BCUT2D eigenvalue weighted by Gasteiger charge is -2.37. The van der Waals surface area contributed by atoms with E-state index in [0.717, 1.165) is 0 Å². The molecule has 0 heterocycles. The number of carbonyl (C=O) groups excluding carboxylic acids is 1. The predicted molar refractivity (Wildman–Crippen MR) is 85.0 cm³/mol. The first-order chi connectivity index (χ1) is 10.1. The second-order valence-electron chi connectivity index (χ2n) is 6.27. The van der Waals surface area contributed by atoms with E-state index in [0.29, 0.717) is 11.0 Å². The van der Waals surface area contributed by atoms with E-state index in [1.54, 1.807) is 46.8 Å². The molecule has 4 nitrogen and oxygen atoms in total. The Bertz CT molecular complexity index is 523. The first kappa shape index (κ1) is 18.7. The molecule has 1 aromatic rings. The van der Waals surface area contributed by atoms with Gasteiger partial charge >= 0.3 is 13.5 Å². The van der Waals surface area contributed by atoms with Gasteiger partial charge in [0.05, 0.1) is 24.2 Å². The first-order valence-corrected chi connectivity index (χ1v) is 7.36. The standard InChI is InChI=1S/C16H24BFO4/c1-6-21-14(19)9-11-7-8-12(10-13(11)18)17-22-16(4,5)15(2,3)20/h7-8,10,17,20H,6,9H2,1-5H3. The van der Waals surface area contributed by atoms with Crippen molar-refractivity contribution in [3.05, 3.63) is 29.6 Å². The van der Waals surface area contributed by atoms with Crippen LogP contribution in [0.25, 0.3) is 0 Å². The second kappa shape index (κ2) is 7.25. The monoisotopic (exact) mass is 310 g/mol. The average Bonchev–Trinajstić information content (AvgIpc) is 2.38. The van der Waals surface area contributed by atoms with Crippen molar-refractivity contribution in [3.8, 4) is 0 Å². The van der Waals surface area contributed by atoms with Gasteiger partial charge in [0, 0.05) is 0 Å². The van der Waals surface area contributed by atoms with Crippen molar-refractivity contribution < 1.29 is 23.7 Å². The Morgan fingerprint density at radius 2 is 1.95 bits per heavy atom. The largest absolute Gasteiger partial charge is 0.466 e. The summed E-state index contributed by atoms with van der Waals surface area (Å²) in [6.07, 6.45) is -0.0873. The molecule has 0 saturated heterocycles. The van der Waals surface area contributed by atoms with Crippen LogP contribution in [0.5, 0.6) is 0 Å². The molecular weight excluding hydrogens is 286 g/mol. The number of rotatable bonds is 7. The number of ether oxygens (including phenoxy) is 1. The van der Waals surface area contributed by atoms with Crippen LogP contribution in [0.2, 0.25) is 0 Å². The fourth-order valence-corrected chi connectivity index (χ4v) is 1.63. The minimum Gasteiger partial charge on any atom is -0.466 e. The summed E-state index contributed by atoms with van der Waals surface area (Å²) >= 11 is 0. The van der Waals surface area contributed by atoms with Crippen molar-refractivity contribution in [1.29, 1.82) is 0 Å². The van der Waals surface area contributed by atoms with E-state index in [4.69, 9.17) is 9.39 Å². The van der Waals surface area contributed by atoms with Gasteiger partial charge in [-0.05, 0) is 51.7 Å². The summed E-state index contributed by atoms with van der Waals surface area (Å²) in [6, 6.07) is 4.61. The van der Waals surface area contributed by atoms with Crippen LogP contribution >= 0.6 is 0 Å². The van der Waals surface area contributed by atoms with Crippen LogP contribution in [-0.2, 0) is 20.6 Å². The summed E-state index contributed by atoms with van der Waals surface area (Å²) in [5.41, 5.74) is -0.853. The molecular formula is C16H24BFO4. The molecule has 0 radical (unpaired) electrons. The highest BCUT2D eigenvalue weighted by atomic mass is 19.1. The minimum atomic E-state index is -1.02. The van der Waals surface area contributed by atoms with Gasteiger partial charge in [-0.15, -0.1) is 0 Å². The lowest BCUT2D eigenvalue weighted by Crippen LogP contribution is -2.49. The molecule has 6 heteroatoms. The van der Waals surface area contributed by atoms with Gasteiger partial charge in [0.25, 0.3) is 0 Å². The fraction of sp³-hybridized carbons (Fsp3) is 0.562. The zero-order chi connectivity index (χ0) is 17.0. The molecule has 1 aromatic carbocycles. The van der Waals surface area contributed by atoms with E-state index < -0.39 is 23.0 Å². The highest BCUT2D eigenvalue weighted by molar-refractivity contribution is 6.47. The third-order valence-corrected chi connectivity index (χ3v) is 3.83. The Morgan fingerprint density at radius 3 is 2.45 bits per heavy atom. The Hall–Kier alpha value is -1.40. The molecule has 0 unspecified atom stereocenters. The van der Waals surface area contributed by atoms with Crippen LogP contribution in [0.4, 0.5) is 4.39 Å². The van der Waals surface area contributed by atoms with Gasteiger partial charge in [-0.1, -0.05) is 12.1 Å². The van der Waals surface area contributed by atoms with Gasteiger partial charge in [-0.2, -0.15) is 0 Å². The highest BCUT2D eigenvalue weighted by Crippen LogP contribution is 2.24. The maximum Gasteiger partial charge on any atom is 0.310 e. The molecule has 0 spiro atoms. The van der Waals surface area contributed by atoms with E-state index in [9.17, 15) is 14.3 Å². The molecule has 1 rings (SSSR count). The SMILES string of the molecule is CCOC(=O)Cc1ccc(BOC(C)(C)C(C)(C)O)cc1F. The Labute approximate surface area is 131 Å². The molecule has 122 valence electrons. The van der Waals surface area contributed by atoms with Crippen molar-refractivity contribution >= 4 is 18.9 Å². The molecule has 0 fully saturated rings. The van der Waals surface area contributed by atoms with Crippen LogP contribution in [0.1, 0.15) is 40.2 Å². The number of hydrogen-bond donors (Lipinski definition) is 1. The molecule has 22 heavy (non-hydrogen) atoms. The summed E-state index contributed by atoms with van der Waals surface area (Å²) in [7, 11) is 0.174. The molecule has 1 N–H and O–H groups in total. The Balaban J connectivity index is 2.72. The molecule has 0 aliphatic carbocycles. The van der Waals surface area contributed by atoms with Crippen molar-refractivity contribution in [3.63, 3.8) is 0 Å². The van der Waals surface area contributed by atoms with Crippen molar-refractivity contribution in [1.82, 2.24) is 0 Å². The average molecular weight is 310 g/mol. The van der Waals surface area contributed by atoms with Gasteiger partial charge in [-0.3, -0.25) is 4.79 Å². The van der Waals surface area contributed by atoms with Gasteiger partial charge in [-0.25, -0.2) is 4.39 Å². The number of aliphatic hydroxyl groups is 1. The van der Waals surface area contributed by atoms with E-state index >= 15 is 0 Å². The summed E-state index contributed by atoms with van der Waals surface area (Å²) in [6.45, 7) is 8.86. The summed E-state index contributed by atoms with van der Waals surface area (Å²) < 4.78 is 24.5. The number of esters is 1. The topological polar surface area (TPSA) is 55.8 Å². The summed E-state index contributed by atoms with van der Waals surface area (Å²) in [4.78, 5) is 11.4. The van der Waals surface area contributed by atoms with Gasteiger partial charge in [0.1, 0.15) is 5.82 Å².